The third kappa shape index (κ3) is 5.34. The lowest BCUT2D eigenvalue weighted by atomic mass is 9.89. The van der Waals surface area contributed by atoms with Crippen LogP contribution in [0.2, 0.25) is 0 Å². The Morgan fingerprint density at radius 3 is 2.59 bits per heavy atom. The number of nitrogens with zero attached hydrogens (tertiary/aromatic N) is 3. The minimum Gasteiger partial charge on any atom is -0.369 e. The first-order valence-electron chi connectivity index (χ1n) is 11.2. The zero-order valence-corrected chi connectivity index (χ0v) is 18.7. The van der Waals surface area contributed by atoms with Gasteiger partial charge in [0.05, 0.1) is 6.10 Å². The van der Waals surface area contributed by atoms with Crippen LogP contribution in [0, 0.1) is 0 Å². The van der Waals surface area contributed by atoms with Crippen LogP contribution in [0.5, 0.6) is 0 Å². The van der Waals surface area contributed by atoms with Gasteiger partial charge in [0.15, 0.2) is 0 Å². The summed E-state index contributed by atoms with van der Waals surface area (Å²) in [4.78, 5) is 31.0. The number of hydrogen-bond acceptors (Lipinski definition) is 4. The van der Waals surface area contributed by atoms with Crippen LogP contribution < -0.4 is 5.32 Å². The number of nitrogens with one attached hydrogen (secondary N) is 1. The maximum atomic E-state index is 12.6. The molecule has 0 saturated carbocycles. The summed E-state index contributed by atoms with van der Waals surface area (Å²) in [5.74, 6) is 0.379. The highest BCUT2D eigenvalue weighted by Gasteiger charge is 2.24. The summed E-state index contributed by atoms with van der Waals surface area (Å²) < 4.78 is 7.37. The van der Waals surface area contributed by atoms with Gasteiger partial charge in [0.2, 0.25) is 5.91 Å². The van der Waals surface area contributed by atoms with Gasteiger partial charge in [-0.3, -0.25) is 9.59 Å². The average molecular weight is 435 g/mol. The maximum Gasteiger partial charge on any atom is 0.251 e. The van der Waals surface area contributed by atoms with Crippen molar-refractivity contribution in [2.45, 2.75) is 45.3 Å². The molecule has 1 aromatic carbocycles. The monoisotopic (exact) mass is 434 g/mol. The largest absolute Gasteiger partial charge is 0.369 e. The Bertz CT molecular complexity index is 1070. The van der Waals surface area contributed by atoms with Crippen molar-refractivity contribution < 1.29 is 14.3 Å². The molecular weight excluding hydrogens is 404 g/mol. The molecule has 1 fully saturated rings. The Kier molecular flexibility index (Phi) is 6.85. The van der Waals surface area contributed by atoms with Crippen molar-refractivity contribution in [3.63, 3.8) is 0 Å². The highest BCUT2D eigenvalue weighted by Crippen LogP contribution is 2.28. The second kappa shape index (κ2) is 9.96. The molecule has 0 aliphatic carbocycles. The third-order valence-electron chi connectivity index (χ3n) is 5.95. The molecule has 2 amide bonds. The van der Waals surface area contributed by atoms with E-state index in [1.807, 2.05) is 71.9 Å². The van der Waals surface area contributed by atoms with Gasteiger partial charge in [-0.2, -0.15) is 0 Å². The molecule has 1 saturated heterocycles. The van der Waals surface area contributed by atoms with E-state index in [4.69, 9.17) is 4.74 Å². The molecule has 0 unspecified atom stereocenters. The topological polar surface area (TPSA) is 75.9 Å². The molecule has 7 heteroatoms. The van der Waals surface area contributed by atoms with Gasteiger partial charge in [-0.15, -0.1) is 0 Å². The molecule has 2 aromatic heterocycles. The Balaban J connectivity index is 1.27. The van der Waals surface area contributed by atoms with Crippen LogP contribution in [-0.4, -0.2) is 51.9 Å². The van der Waals surface area contributed by atoms with Crippen molar-refractivity contribution in [3.8, 4) is 0 Å². The fourth-order valence-corrected chi connectivity index (χ4v) is 4.04. The third-order valence-corrected chi connectivity index (χ3v) is 5.95. The van der Waals surface area contributed by atoms with E-state index < -0.39 is 0 Å². The Labute approximate surface area is 188 Å². The van der Waals surface area contributed by atoms with Crippen LogP contribution in [0.25, 0.3) is 5.65 Å². The lowest BCUT2D eigenvalue weighted by molar-refractivity contribution is -0.138. The molecule has 0 atom stereocenters. The van der Waals surface area contributed by atoms with Crippen molar-refractivity contribution in [2.24, 2.45) is 0 Å². The Morgan fingerprint density at radius 2 is 1.88 bits per heavy atom. The summed E-state index contributed by atoms with van der Waals surface area (Å²) in [5, 5.41) is 2.98. The molecule has 3 aromatic rings. The number of carbonyl (C=O) groups is 2. The number of pyridine rings is 1. The van der Waals surface area contributed by atoms with Crippen LogP contribution in [0.4, 0.5) is 0 Å². The van der Waals surface area contributed by atoms with Crippen LogP contribution in [-0.2, 0) is 16.1 Å². The lowest BCUT2D eigenvalue weighted by Gasteiger charge is -2.32. The number of hydrogen-bond donors (Lipinski definition) is 1. The summed E-state index contributed by atoms with van der Waals surface area (Å²) >= 11 is 0. The zero-order valence-electron chi connectivity index (χ0n) is 18.7. The van der Waals surface area contributed by atoms with E-state index in [0.29, 0.717) is 18.0 Å². The minimum atomic E-state index is -0.0923. The molecular formula is C25H30N4O3. The molecule has 32 heavy (non-hydrogen) atoms. The van der Waals surface area contributed by atoms with E-state index in [1.54, 1.807) is 6.20 Å². The van der Waals surface area contributed by atoms with Gasteiger partial charge in [0.1, 0.15) is 12.3 Å². The number of rotatable bonds is 7. The van der Waals surface area contributed by atoms with Crippen molar-refractivity contribution >= 4 is 17.5 Å². The molecule has 7 nitrogen and oxygen atoms in total. The van der Waals surface area contributed by atoms with Gasteiger partial charge in [-0.05, 0) is 68.0 Å². The number of amides is 2. The first-order chi connectivity index (χ1) is 15.5. The Hall–Kier alpha value is -3.19. The van der Waals surface area contributed by atoms with E-state index in [2.05, 4.69) is 10.3 Å². The van der Waals surface area contributed by atoms with Crippen molar-refractivity contribution in [1.29, 1.82) is 0 Å². The first-order valence-corrected chi connectivity index (χ1v) is 11.2. The van der Waals surface area contributed by atoms with Gasteiger partial charge in [0, 0.05) is 43.8 Å². The van der Waals surface area contributed by atoms with Crippen molar-refractivity contribution in [3.05, 3.63) is 71.7 Å². The van der Waals surface area contributed by atoms with Crippen LogP contribution in [0.3, 0.4) is 0 Å². The number of ether oxygens (including phenoxy) is 1. The normalized spacial score (nSPS) is 14.8. The summed E-state index contributed by atoms with van der Waals surface area (Å²) in [6.07, 6.45) is 7.50. The molecule has 168 valence electrons. The number of imidazole rings is 1. The predicted octanol–water partition coefficient (Wildman–Crippen LogP) is 3.40. The summed E-state index contributed by atoms with van der Waals surface area (Å²) in [7, 11) is 0. The summed E-state index contributed by atoms with van der Waals surface area (Å²) in [6.45, 7) is 5.97. The first kappa shape index (κ1) is 22.0. The molecule has 1 N–H and O–H groups in total. The smallest absolute Gasteiger partial charge is 0.251 e. The highest BCUT2D eigenvalue weighted by molar-refractivity contribution is 5.94. The Morgan fingerprint density at radius 1 is 1.12 bits per heavy atom. The van der Waals surface area contributed by atoms with E-state index >= 15 is 0 Å². The number of aromatic nitrogens is 2. The second-order valence-electron chi connectivity index (χ2n) is 8.55. The average Bonchev–Trinajstić information content (AvgIpc) is 3.29. The maximum absolute atomic E-state index is 12.6. The van der Waals surface area contributed by atoms with Crippen LogP contribution in [0.15, 0.2) is 55.0 Å². The van der Waals surface area contributed by atoms with E-state index in [0.717, 1.165) is 37.1 Å². The standard InChI is InChI=1S/C25H30N4O3/c1-18(2)32-17-24(30)29-12-8-21(9-13-29)20-3-5-22(6-4-20)25(31)27-16-19-7-11-28-14-10-26-23(28)15-19/h3-7,10-11,14-15,18,21H,8-9,12-13,16-17H2,1-2H3,(H,27,31). The van der Waals surface area contributed by atoms with Gasteiger partial charge < -0.3 is 19.4 Å². The fraction of sp³-hybridized carbons (Fsp3) is 0.400. The highest BCUT2D eigenvalue weighted by atomic mass is 16.5. The van der Waals surface area contributed by atoms with Crippen LogP contribution in [0.1, 0.15) is 54.1 Å². The predicted molar refractivity (Wildman–Crippen MR) is 122 cm³/mol. The fourth-order valence-electron chi connectivity index (χ4n) is 4.04. The van der Waals surface area contributed by atoms with Gasteiger partial charge in [0.25, 0.3) is 5.91 Å². The van der Waals surface area contributed by atoms with Crippen molar-refractivity contribution in [1.82, 2.24) is 19.6 Å². The zero-order chi connectivity index (χ0) is 22.5. The van der Waals surface area contributed by atoms with Gasteiger partial charge >= 0.3 is 0 Å². The molecule has 4 rings (SSSR count). The van der Waals surface area contributed by atoms with E-state index in [1.165, 1.54) is 5.56 Å². The molecule has 0 spiro atoms. The number of piperidine rings is 1. The SMILES string of the molecule is CC(C)OCC(=O)N1CCC(c2ccc(C(=O)NCc3ccn4ccnc4c3)cc2)CC1. The number of likely N-dealkylation sites (tertiary alicyclic amines) is 1. The molecule has 1 aliphatic rings. The summed E-state index contributed by atoms with van der Waals surface area (Å²) in [6, 6.07) is 11.8. The van der Waals surface area contributed by atoms with Gasteiger partial charge in [-0.1, -0.05) is 12.1 Å². The number of benzene rings is 1. The second-order valence-corrected chi connectivity index (χ2v) is 8.55. The number of fused-ring (bicyclic) bond motifs is 1. The van der Waals surface area contributed by atoms with E-state index in [9.17, 15) is 9.59 Å². The summed E-state index contributed by atoms with van der Waals surface area (Å²) in [5.41, 5.74) is 3.74. The minimum absolute atomic E-state index is 0.0624. The molecule has 0 radical (unpaired) electrons. The molecule has 3 heterocycles. The van der Waals surface area contributed by atoms with E-state index in [-0.39, 0.29) is 24.5 Å². The molecule has 0 bridgehead atoms. The van der Waals surface area contributed by atoms with Crippen LogP contribution >= 0.6 is 0 Å². The number of carbonyl (C=O) groups excluding carboxylic acids is 2. The lowest BCUT2D eigenvalue weighted by Crippen LogP contribution is -2.40. The van der Waals surface area contributed by atoms with Gasteiger partial charge in [-0.25, -0.2) is 4.98 Å². The quantitative estimate of drug-likeness (QED) is 0.618. The van der Waals surface area contributed by atoms with Crippen molar-refractivity contribution in [2.75, 3.05) is 19.7 Å². The molecule has 1 aliphatic heterocycles.